The lowest BCUT2D eigenvalue weighted by Crippen LogP contribution is -2.38. The molecule has 1 aliphatic rings. The second-order valence-electron chi connectivity index (χ2n) is 7.24. The zero-order chi connectivity index (χ0) is 21.7. The number of nitrogens with one attached hydrogen (secondary N) is 1. The Morgan fingerprint density at radius 3 is 2.57 bits per heavy atom. The molecule has 1 saturated carbocycles. The predicted octanol–water partition coefficient (Wildman–Crippen LogP) is 1.71. The molecule has 0 atom stereocenters. The summed E-state index contributed by atoms with van der Waals surface area (Å²) < 4.78 is 28.2. The van der Waals surface area contributed by atoms with E-state index in [4.69, 9.17) is 5.26 Å². The molecule has 0 radical (unpaired) electrons. The molecule has 0 spiro atoms. The molecule has 1 N–H and O–H groups in total. The van der Waals surface area contributed by atoms with E-state index in [9.17, 15) is 18.0 Å². The van der Waals surface area contributed by atoms with Gasteiger partial charge in [0.2, 0.25) is 15.9 Å². The molecule has 158 valence electrons. The van der Waals surface area contributed by atoms with Crippen molar-refractivity contribution in [3.8, 4) is 6.07 Å². The molecule has 1 aromatic carbocycles. The maximum Gasteiger partial charge on any atom is 0.271 e. The average molecular weight is 430 g/mol. The average Bonchev–Trinajstić information content (AvgIpc) is 2.75. The Kier molecular flexibility index (Phi) is 6.64. The van der Waals surface area contributed by atoms with Crippen molar-refractivity contribution in [3.63, 3.8) is 0 Å². The summed E-state index contributed by atoms with van der Waals surface area (Å²) in [4.78, 5) is 28.1. The highest BCUT2D eigenvalue weighted by molar-refractivity contribution is 7.89. The summed E-state index contributed by atoms with van der Waals surface area (Å²) in [5, 5.41) is 11.5. The van der Waals surface area contributed by atoms with Gasteiger partial charge in [0, 0.05) is 18.8 Å². The van der Waals surface area contributed by atoms with Crippen LogP contribution < -0.4 is 10.9 Å². The van der Waals surface area contributed by atoms with Crippen molar-refractivity contribution in [2.75, 3.05) is 12.4 Å². The molecule has 1 heterocycles. The Hall–Kier alpha value is -3.03. The van der Waals surface area contributed by atoms with Gasteiger partial charge in [-0.2, -0.15) is 9.57 Å². The minimum absolute atomic E-state index is 0.0132. The fourth-order valence-corrected chi connectivity index (χ4v) is 4.93. The minimum Gasteiger partial charge on any atom is -0.325 e. The van der Waals surface area contributed by atoms with Crippen molar-refractivity contribution in [3.05, 3.63) is 52.7 Å². The largest absolute Gasteiger partial charge is 0.325 e. The Morgan fingerprint density at radius 2 is 1.93 bits per heavy atom. The zero-order valence-electron chi connectivity index (χ0n) is 16.6. The molecule has 0 bridgehead atoms. The minimum atomic E-state index is -3.61. The Balaban J connectivity index is 1.67. The third kappa shape index (κ3) is 4.75. The molecule has 0 unspecified atom stereocenters. The summed E-state index contributed by atoms with van der Waals surface area (Å²) in [6.45, 7) is -0.314. The number of rotatable bonds is 6. The van der Waals surface area contributed by atoms with Crippen LogP contribution in [0.4, 0.5) is 5.69 Å². The SMILES string of the molecule is CN(C1CCCCC1)S(=O)(=O)c1ccc(NC(=O)Cn2cncc(C#N)c2=O)cc1. The Bertz CT molecular complexity index is 1110. The first kappa shape index (κ1) is 21.7. The van der Waals surface area contributed by atoms with Crippen LogP contribution in [0.5, 0.6) is 0 Å². The molecule has 9 nitrogen and oxygen atoms in total. The van der Waals surface area contributed by atoms with Gasteiger partial charge >= 0.3 is 0 Å². The van der Waals surface area contributed by atoms with Gasteiger partial charge in [-0.1, -0.05) is 19.3 Å². The lowest BCUT2D eigenvalue weighted by atomic mass is 9.96. The maximum atomic E-state index is 12.9. The summed E-state index contributed by atoms with van der Waals surface area (Å²) in [6, 6.07) is 7.65. The molecule has 10 heteroatoms. The molecule has 1 aromatic heterocycles. The number of hydrogen-bond acceptors (Lipinski definition) is 6. The summed E-state index contributed by atoms with van der Waals surface area (Å²) >= 11 is 0. The number of nitrogens with zero attached hydrogens (tertiary/aromatic N) is 4. The van der Waals surface area contributed by atoms with E-state index in [0.717, 1.165) is 42.9 Å². The van der Waals surface area contributed by atoms with E-state index < -0.39 is 21.5 Å². The van der Waals surface area contributed by atoms with Gasteiger partial charge in [-0.25, -0.2) is 13.4 Å². The standard InChI is InChI=1S/C20H23N5O4S/c1-24(17-5-3-2-4-6-17)30(28,29)18-9-7-16(8-10-18)23-19(26)13-25-14-22-12-15(11-21)20(25)27/h7-10,12,14,17H,2-6,13H2,1H3,(H,23,26). The van der Waals surface area contributed by atoms with Gasteiger partial charge in [-0.15, -0.1) is 0 Å². The first-order valence-electron chi connectivity index (χ1n) is 9.65. The molecule has 0 aliphatic heterocycles. The zero-order valence-corrected chi connectivity index (χ0v) is 17.4. The van der Waals surface area contributed by atoms with Crippen molar-refractivity contribution in [2.45, 2.75) is 49.6 Å². The van der Waals surface area contributed by atoms with Crippen LogP contribution in [0.15, 0.2) is 46.5 Å². The normalized spacial score (nSPS) is 15.0. The molecule has 1 aliphatic carbocycles. The predicted molar refractivity (Wildman–Crippen MR) is 110 cm³/mol. The van der Waals surface area contributed by atoms with Gasteiger partial charge in [-0.05, 0) is 37.1 Å². The number of sulfonamides is 1. The van der Waals surface area contributed by atoms with Gasteiger partial charge in [0.15, 0.2) is 0 Å². The number of nitriles is 1. The molecule has 1 fully saturated rings. The second kappa shape index (κ2) is 9.19. The van der Waals surface area contributed by atoms with Crippen LogP contribution in [-0.4, -0.2) is 41.3 Å². The number of benzene rings is 1. The topological polar surface area (TPSA) is 125 Å². The van der Waals surface area contributed by atoms with Crippen LogP contribution in [-0.2, 0) is 21.4 Å². The highest BCUT2D eigenvalue weighted by atomic mass is 32.2. The summed E-state index contributed by atoms with van der Waals surface area (Å²) in [7, 11) is -2.00. The fourth-order valence-electron chi connectivity index (χ4n) is 3.51. The van der Waals surface area contributed by atoms with Gasteiger partial charge in [0.25, 0.3) is 5.56 Å². The van der Waals surface area contributed by atoms with Crippen LogP contribution in [0.2, 0.25) is 0 Å². The molecule has 1 amide bonds. The number of amides is 1. The first-order valence-corrected chi connectivity index (χ1v) is 11.1. The Morgan fingerprint density at radius 1 is 1.27 bits per heavy atom. The third-order valence-electron chi connectivity index (χ3n) is 5.24. The lowest BCUT2D eigenvalue weighted by molar-refractivity contribution is -0.116. The van der Waals surface area contributed by atoms with Crippen LogP contribution >= 0.6 is 0 Å². The maximum absolute atomic E-state index is 12.9. The van der Waals surface area contributed by atoms with E-state index in [-0.39, 0.29) is 23.0 Å². The van der Waals surface area contributed by atoms with Crippen molar-refractivity contribution in [2.24, 2.45) is 0 Å². The fraction of sp³-hybridized carbons (Fsp3) is 0.400. The van der Waals surface area contributed by atoms with Gasteiger partial charge < -0.3 is 5.32 Å². The van der Waals surface area contributed by atoms with E-state index in [1.54, 1.807) is 13.1 Å². The van der Waals surface area contributed by atoms with Crippen molar-refractivity contribution >= 4 is 21.6 Å². The number of carbonyl (C=O) groups is 1. The second-order valence-corrected chi connectivity index (χ2v) is 9.24. The molecule has 2 aromatic rings. The van der Waals surface area contributed by atoms with Gasteiger partial charge in [0.05, 0.1) is 17.4 Å². The molecular formula is C20H23N5O4S. The van der Waals surface area contributed by atoms with Crippen molar-refractivity contribution < 1.29 is 13.2 Å². The highest BCUT2D eigenvalue weighted by Gasteiger charge is 2.28. The molecule has 30 heavy (non-hydrogen) atoms. The van der Waals surface area contributed by atoms with Crippen LogP contribution in [0.1, 0.15) is 37.7 Å². The summed E-state index contributed by atoms with van der Waals surface area (Å²) in [5.41, 5.74) is -0.353. The van der Waals surface area contributed by atoms with E-state index >= 15 is 0 Å². The lowest BCUT2D eigenvalue weighted by Gasteiger charge is -2.30. The number of carbonyl (C=O) groups excluding carboxylic acids is 1. The quantitative estimate of drug-likeness (QED) is 0.745. The number of hydrogen-bond donors (Lipinski definition) is 1. The third-order valence-corrected chi connectivity index (χ3v) is 7.16. The molecular weight excluding hydrogens is 406 g/mol. The molecule has 3 rings (SSSR count). The van der Waals surface area contributed by atoms with E-state index in [1.165, 1.54) is 34.9 Å². The van der Waals surface area contributed by atoms with E-state index in [2.05, 4.69) is 10.3 Å². The highest BCUT2D eigenvalue weighted by Crippen LogP contribution is 2.26. The van der Waals surface area contributed by atoms with E-state index in [1.807, 2.05) is 0 Å². The van der Waals surface area contributed by atoms with Crippen LogP contribution in [0, 0.1) is 11.3 Å². The number of aromatic nitrogens is 2. The van der Waals surface area contributed by atoms with Gasteiger partial charge in [0.1, 0.15) is 18.2 Å². The summed E-state index contributed by atoms with van der Waals surface area (Å²) in [5.74, 6) is -0.496. The first-order chi connectivity index (χ1) is 14.3. The van der Waals surface area contributed by atoms with Crippen LogP contribution in [0.25, 0.3) is 0 Å². The summed E-state index contributed by atoms with van der Waals surface area (Å²) in [6.07, 6.45) is 7.26. The van der Waals surface area contributed by atoms with Crippen molar-refractivity contribution in [1.82, 2.24) is 13.9 Å². The van der Waals surface area contributed by atoms with E-state index in [0.29, 0.717) is 5.69 Å². The van der Waals surface area contributed by atoms with Crippen LogP contribution in [0.3, 0.4) is 0 Å². The Labute approximate surface area is 175 Å². The smallest absolute Gasteiger partial charge is 0.271 e. The van der Waals surface area contributed by atoms with Crippen molar-refractivity contribution in [1.29, 1.82) is 5.26 Å². The monoisotopic (exact) mass is 429 g/mol. The molecule has 0 saturated heterocycles. The number of anilines is 1. The van der Waals surface area contributed by atoms with Gasteiger partial charge in [-0.3, -0.25) is 14.2 Å².